The average molecular weight is 261 g/mol. The van der Waals surface area contributed by atoms with Crippen LogP contribution in [0, 0.1) is 0 Å². The van der Waals surface area contributed by atoms with Crippen molar-refractivity contribution < 1.29 is 9.59 Å². The molecule has 102 valence electrons. The zero-order valence-electron chi connectivity index (χ0n) is 10.8. The third kappa shape index (κ3) is 4.28. The number of anilines is 2. The van der Waals surface area contributed by atoms with E-state index in [0.717, 1.165) is 12.8 Å². The topological polar surface area (TPSA) is 70.2 Å². The Kier molecular flexibility index (Phi) is 4.78. The van der Waals surface area contributed by atoms with Gasteiger partial charge in [0.2, 0.25) is 6.41 Å². The molecule has 3 amide bonds. The molecule has 2 rings (SSSR count). The first kappa shape index (κ1) is 13.4. The lowest BCUT2D eigenvalue weighted by Crippen LogP contribution is -2.38. The third-order valence-corrected chi connectivity index (χ3v) is 3.31. The fourth-order valence-electron chi connectivity index (χ4n) is 2.32. The van der Waals surface area contributed by atoms with Gasteiger partial charge < -0.3 is 16.0 Å². The van der Waals surface area contributed by atoms with E-state index in [1.54, 1.807) is 24.3 Å². The molecule has 1 saturated carbocycles. The van der Waals surface area contributed by atoms with Gasteiger partial charge >= 0.3 is 6.03 Å². The second-order valence-corrected chi connectivity index (χ2v) is 4.77. The Labute approximate surface area is 112 Å². The maximum Gasteiger partial charge on any atom is 0.319 e. The minimum atomic E-state index is -0.164. The van der Waals surface area contributed by atoms with Gasteiger partial charge in [-0.2, -0.15) is 0 Å². The highest BCUT2D eigenvalue weighted by Crippen LogP contribution is 2.18. The number of hydrogen-bond donors (Lipinski definition) is 3. The molecule has 1 aliphatic rings. The fourth-order valence-corrected chi connectivity index (χ4v) is 2.32. The van der Waals surface area contributed by atoms with E-state index in [2.05, 4.69) is 16.0 Å². The van der Waals surface area contributed by atoms with Crippen molar-refractivity contribution in [3.05, 3.63) is 24.3 Å². The van der Waals surface area contributed by atoms with Crippen LogP contribution in [0.5, 0.6) is 0 Å². The molecule has 19 heavy (non-hydrogen) atoms. The van der Waals surface area contributed by atoms with Crippen molar-refractivity contribution in [3.63, 3.8) is 0 Å². The van der Waals surface area contributed by atoms with Crippen LogP contribution in [0.15, 0.2) is 24.3 Å². The largest absolute Gasteiger partial charge is 0.335 e. The van der Waals surface area contributed by atoms with Gasteiger partial charge in [0.05, 0.1) is 0 Å². The zero-order valence-corrected chi connectivity index (χ0v) is 10.8. The predicted molar refractivity (Wildman–Crippen MR) is 75.2 cm³/mol. The lowest BCUT2D eigenvalue weighted by molar-refractivity contribution is -0.105. The molecule has 5 heteroatoms. The van der Waals surface area contributed by atoms with Crippen molar-refractivity contribution in [2.24, 2.45) is 0 Å². The van der Waals surface area contributed by atoms with E-state index in [-0.39, 0.29) is 6.03 Å². The molecular weight excluding hydrogens is 242 g/mol. The summed E-state index contributed by atoms with van der Waals surface area (Å²) >= 11 is 0. The van der Waals surface area contributed by atoms with Crippen LogP contribution in [-0.4, -0.2) is 18.5 Å². The van der Waals surface area contributed by atoms with Gasteiger partial charge in [-0.15, -0.1) is 0 Å². The van der Waals surface area contributed by atoms with Crippen LogP contribution in [0.4, 0.5) is 16.2 Å². The van der Waals surface area contributed by atoms with Crippen LogP contribution in [0.25, 0.3) is 0 Å². The van der Waals surface area contributed by atoms with Crippen LogP contribution in [0.2, 0.25) is 0 Å². The van der Waals surface area contributed by atoms with Crippen LogP contribution >= 0.6 is 0 Å². The SMILES string of the molecule is O=CNc1ccc(NC(=O)NC2CCCCC2)cc1. The fraction of sp³-hybridized carbons (Fsp3) is 0.429. The molecular formula is C14H19N3O2. The quantitative estimate of drug-likeness (QED) is 0.729. The van der Waals surface area contributed by atoms with E-state index >= 15 is 0 Å². The summed E-state index contributed by atoms with van der Waals surface area (Å²) in [5.74, 6) is 0. The summed E-state index contributed by atoms with van der Waals surface area (Å²) in [5.41, 5.74) is 1.41. The standard InChI is InChI=1S/C14H19N3O2/c18-10-15-11-6-8-13(9-7-11)17-14(19)16-12-4-2-1-3-5-12/h6-10,12H,1-5H2,(H,15,18)(H2,16,17,19). The van der Waals surface area contributed by atoms with Gasteiger partial charge in [-0.1, -0.05) is 19.3 Å². The van der Waals surface area contributed by atoms with E-state index in [4.69, 9.17) is 0 Å². The van der Waals surface area contributed by atoms with E-state index in [0.29, 0.717) is 23.8 Å². The Balaban J connectivity index is 1.82. The Morgan fingerprint density at radius 2 is 1.68 bits per heavy atom. The molecule has 0 spiro atoms. The van der Waals surface area contributed by atoms with Crippen molar-refractivity contribution in [2.45, 2.75) is 38.1 Å². The van der Waals surface area contributed by atoms with Crippen molar-refractivity contribution in [1.29, 1.82) is 0 Å². The van der Waals surface area contributed by atoms with Crippen LogP contribution < -0.4 is 16.0 Å². The third-order valence-electron chi connectivity index (χ3n) is 3.31. The lowest BCUT2D eigenvalue weighted by Gasteiger charge is -2.22. The number of carbonyl (C=O) groups is 2. The summed E-state index contributed by atoms with van der Waals surface area (Å²) in [4.78, 5) is 22.1. The molecule has 0 aromatic heterocycles. The zero-order chi connectivity index (χ0) is 13.5. The Morgan fingerprint density at radius 1 is 1.05 bits per heavy atom. The molecule has 1 aromatic rings. The normalized spacial score (nSPS) is 15.6. The van der Waals surface area contributed by atoms with Crippen LogP contribution in [0.3, 0.4) is 0 Å². The molecule has 0 radical (unpaired) electrons. The monoisotopic (exact) mass is 261 g/mol. The highest BCUT2D eigenvalue weighted by atomic mass is 16.2. The van der Waals surface area contributed by atoms with E-state index in [1.165, 1.54) is 19.3 Å². The van der Waals surface area contributed by atoms with Gasteiger partial charge in [0.25, 0.3) is 0 Å². The Hall–Kier alpha value is -2.04. The molecule has 3 N–H and O–H groups in total. The van der Waals surface area contributed by atoms with E-state index in [9.17, 15) is 9.59 Å². The minimum Gasteiger partial charge on any atom is -0.335 e. The summed E-state index contributed by atoms with van der Waals surface area (Å²) in [6.45, 7) is 0. The first-order chi connectivity index (χ1) is 9.28. The van der Waals surface area contributed by atoms with Crippen molar-refractivity contribution in [2.75, 3.05) is 10.6 Å². The summed E-state index contributed by atoms with van der Waals surface area (Å²) in [7, 11) is 0. The first-order valence-electron chi connectivity index (χ1n) is 6.66. The molecule has 0 unspecified atom stereocenters. The number of nitrogens with one attached hydrogen (secondary N) is 3. The van der Waals surface area contributed by atoms with Crippen molar-refractivity contribution >= 4 is 23.8 Å². The maximum atomic E-state index is 11.8. The highest BCUT2D eigenvalue weighted by Gasteiger charge is 2.15. The van der Waals surface area contributed by atoms with Crippen molar-refractivity contribution in [1.82, 2.24) is 5.32 Å². The van der Waals surface area contributed by atoms with E-state index < -0.39 is 0 Å². The molecule has 0 bridgehead atoms. The first-order valence-corrected chi connectivity index (χ1v) is 6.66. The molecule has 1 aromatic carbocycles. The van der Waals surface area contributed by atoms with Gasteiger partial charge in [-0.3, -0.25) is 4.79 Å². The molecule has 1 aliphatic carbocycles. The predicted octanol–water partition coefficient (Wildman–Crippen LogP) is 2.71. The lowest BCUT2D eigenvalue weighted by atomic mass is 9.96. The highest BCUT2D eigenvalue weighted by molar-refractivity contribution is 5.89. The second-order valence-electron chi connectivity index (χ2n) is 4.77. The molecule has 0 aliphatic heterocycles. The summed E-state index contributed by atoms with van der Waals surface area (Å²) in [6.07, 6.45) is 6.41. The van der Waals surface area contributed by atoms with Gasteiger partial charge in [-0.25, -0.2) is 4.79 Å². The van der Waals surface area contributed by atoms with Gasteiger partial charge in [0.15, 0.2) is 0 Å². The summed E-state index contributed by atoms with van der Waals surface area (Å²) in [5, 5.41) is 8.32. The molecule has 1 fully saturated rings. The van der Waals surface area contributed by atoms with Crippen LogP contribution in [0.1, 0.15) is 32.1 Å². The second kappa shape index (κ2) is 6.78. The van der Waals surface area contributed by atoms with Gasteiger partial charge in [0, 0.05) is 17.4 Å². The Morgan fingerprint density at radius 3 is 2.32 bits per heavy atom. The molecule has 0 heterocycles. The summed E-state index contributed by atoms with van der Waals surface area (Å²) < 4.78 is 0. The average Bonchev–Trinajstić information content (AvgIpc) is 2.42. The summed E-state index contributed by atoms with van der Waals surface area (Å²) in [6, 6.07) is 7.13. The minimum absolute atomic E-state index is 0.164. The Bertz CT molecular complexity index is 425. The number of hydrogen-bond acceptors (Lipinski definition) is 2. The van der Waals surface area contributed by atoms with Gasteiger partial charge in [-0.05, 0) is 37.1 Å². The number of urea groups is 1. The molecule has 5 nitrogen and oxygen atoms in total. The van der Waals surface area contributed by atoms with Gasteiger partial charge in [0.1, 0.15) is 0 Å². The van der Waals surface area contributed by atoms with Crippen LogP contribution in [-0.2, 0) is 4.79 Å². The number of carbonyl (C=O) groups excluding carboxylic acids is 2. The van der Waals surface area contributed by atoms with E-state index in [1.807, 2.05) is 0 Å². The number of rotatable bonds is 4. The molecule has 0 atom stereocenters. The van der Waals surface area contributed by atoms with Crippen molar-refractivity contribution in [3.8, 4) is 0 Å². The number of benzene rings is 1. The number of amides is 3. The molecule has 0 saturated heterocycles. The smallest absolute Gasteiger partial charge is 0.319 e. The maximum absolute atomic E-state index is 11.8.